The lowest BCUT2D eigenvalue weighted by molar-refractivity contribution is 0.128. The number of para-hydroxylation sites is 1. The van der Waals surface area contributed by atoms with Gasteiger partial charge < -0.3 is 25.5 Å². The number of carbonyl (C=O) groups is 1. The van der Waals surface area contributed by atoms with E-state index in [0.717, 1.165) is 26.4 Å². The maximum absolute atomic E-state index is 11.6. The topological polar surface area (TPSA) is 118 Å². The van der Waals surface area contributed by atoms with Gasteiger partial charge in [-0.05, 0) is 18.1 Å². The van der Waals surface area contributed by atoms with Gasteiger partial charge >= 0.3 is 6.09 Å². The number of rotatable bonds is 6. The monoisotopic (exact) mass is 487 g/mol. The number of nitrogen functional groups attached to an aromatic ring is 1. The predicted octanol–water partition coefficient (Wildman–Crippen LogP) is 5.25. The van der Waals surface area contributed by atoms with Gasteiger partial charge in [0.2, 0.25) is 5.89 Å². The molecule has 1 saturated heterocycles. The third-order valence-corrected chi connectivity index (χ3v) is 7.81. The lowest BCUT2D eigenvalue weighted by atomic mass is 9.84. The van der Waals surface area contributed by atoms with Crippen molar-refractivity contribution < 1.29 is 14.3 Å². The van der Waals surface area contributed by atoms with E-state index in [-0.39, 0.29) is 17.4 Å². The van der Waals surface area contributed by atoms with Gasteiger partial charge in [-0.3, -0.25) is 0 Å². The Kier molecular flexibility index (Phi) is 6.85. The van der Waals surface area contributed by atoms with E-state index < -0.39 is 6.09 Å². The summed E-state index contributed by atoms with van der Waals surface area (Å²) in [6.07, 6.45) is 3.42. The van der Waals surface area contributed by atoms with Crippen LogP contribution in [0.4, 0.5) is 15.6 Å². The first-order valence-electron chi connectivity index (χ1n) is 10.8. The van der Waals surface area contributed by atoms with Crippen LogP contribution in [0.25, 0.3) is 0 Å². The zero-order chi connectivity index (χ0) is 23.6. The van der Waals surface area contributed by atoms with Crippen molar-refractivity contribution in [1.82, 2.24) is 14.9 Å². The zero-order valence-corrected chi connectivity index (χ0v) is 20.6. The average Bonchev–Trinajstić information content (AvgIpc) is 3.42. The van der Waals surface area contributed by atoms with Gasteiger partial charge in [0.05, 0.1) is 28.4 Å². The fraction of sp³-hybridized carbons (Fsp3) is 0.435. The van der Waals surface area contributed by atoms with Crippen LogP contribution in [0.2, 0.25) is 0 Å². The lowest BCUT2D eigenvalue weighted by Crippen LogP contribution is -2.48. The quantitative estimate of drug-likeness (QED) is 0.319. The van der Waals surface area contributed by atoms with Crippen molar-refractivity contribution in [3.05, 3.63) is 53.9 Å². The molecule has 0 bridgehead atoms. The van der Waals surface area contributed by atoms with Crippen LogP contribution in [0, 0.1) is 0 Å². The Balaban J connectivity index is 1.44. The van der Waals surface area contributed by atoms with Crippen molar-refractivity contribution in [2.24, 2.45) is 0 Å². The summed E-state index contributed by atoms with van der Waals surface area (Å²) in [6.45, 7) is 7.15. The molecule has 1 aliphatic rings. The molecule has 1 amide bonds. The Labute approximate surface area is 201 Å². The summed E-state index contributed by atoms with van der Waals surface area (Å²) >= 11 is 3.16. The van der Waals surface area contributed by atoms with Gasteiger partial charge in [-0.15, -0.1) is 11.8 Å². The molecule has 4 rings (SSSR count). The first kappa shape index (κ1) is 23.4. The van der Waals surface area contributed by atoms with E-state index in [1.165, 1.54) is 4.90 Å². The second-order valence-corrected chi connectivity index (χ2v) is 11.5. The number of benzene rings is 1. The highest BCUT2D eigenvalue weighted by molar-refractivity contribution is 8.00. The number of nitrogens with zero attached hydrogens (tertiary/aromatic N) is 3. The fourth-order valence-corrected chi connectivity index (χ4v) is 5.69. The number of nitrogens with one attached hydrogen (secondary N) is 1. The number of hydrogen-bond acceptors (Lipinski definition) is 8. The molecule has 4 N–H and O–H groups in total. The lowest BCUT2D eigenvalue weighted by Gasteiger charge is -2.38. The van der Waals surface area contributed by atoms with Gasteiger partial charge in [0.15, 0.2) is 5.13 Å². The van der Waals surface area contributed by atoms with E-state index >= 15 is 0 Å². The molecule has 176 valence electrons. The first-order chi connectivity index (χ1) is 15.7. The number of carboxylic acid groups (broad SMARTS) is 1. The Morgan fingerprint density at radius 1 is 1.33 bits per heavy atom. The number of anilines is 2. The minimum absolute atomic E-state index is 0.0694. The van der Waals surface area contributed by atoms with E-state index in [9.17, 15) is 9.90 Å². The Hall–Kier alpha value is -2.72. The molecule has 2 atom stereocenters. The molecular weight excluding hydrogens is 458 g/mol. The van der Waals surface area contributed by atoms with Crippen LogP contribution in [0.3, 0.4) is 0 Å². The number of thioether (sulfide) groups is 1. The number of oxazole rings is 1. The van der Waals surface area contributed by atoms with Gasteiger partial charge in [-0.1, -0.05) is 50.3 Å². The maximum Gasteiger partial charge on any atom is 0.407 e. The van der Waals surface area contributed by atoms with Crippen LogP contribution < -0.4 is 11.1 Å². The number of aromatic nitrogens is 2. The van der Waals surface area contributed by atoms with Gasteiger partial charge in [0.25, 0.3) is 0 Å². The molecule has 1 aromatic carbocycles. The number of likely N-dealkylation sites (tertiary alicyclic amines) is 1. The summed E-state index contributed by atoms with van der Waals surface area (Å²) in [5, 5.41) is 13.7. The van der Waals surface area contributed by atoms with E-state index in [1.54, 1.807) is 29.3 Å². The third kappa shape index (κ3) is 5.62. The second kappa shape index (κ2) is 9.64. The summed E-state index contributed by atoms with van der Waals surface area (Å²) in [5.41, 5.74) is 7.95. The predicted molar refractivity (Wildman–Crippen MR) is 132 cm³/mol. The number of nitrogens with two attached hydrogens (primary N) is 1. The Morgan fingerprint density at radius 2 is 2.12 bits per heavy atom. The molecule has 1 fully saturated rings. The van der Waals surface area contributed by atoms with Crippen molar-refractivity contribution in [1.29, 1.82) is 0 Å². The number of amides is 1. The smallest absolute Gasteiger partial charge is 0.407 e. The number of thiazole rings is 1. The van der Waals surface area contributed by atoms with E-state index in [2.05, 4.69) is 36.1 Å². The first-order valence-corrected chi connectivity index (χ1v) is 12.6. The van der Waals surface area contributed by atoms with Crippen LogP contribution in [0.5, 0.6) is 0 Å². The van der Waals surface area contributed by atoms with Gasteiger partial charge in [0, 0.05) is 30.1 Å². The normalized spacial score (nSPS) is 18.9. The van der Waals surface area contributed by atoms with Gasteiger partial charge in [0.1, 0.15) is 5.76 Å². The third-order valence-electron chi connectivity index (χ3n) is 5.70. The average molecular weight is 488 g/mol. The van der Waals surface area contributed by atoms with Crippen LogP contribution in [-0.4, -0.2) is 45.2 Å². The highest BCUT2D eigenvalue weighted by Crippen LogP contribution is 2.36. The van der Waals surface area contributed by atoms with Crippen LogP contribution >= 0.6 is 23.1 Å². The summed E-state index contributed by atoms with van der Waals surface area (Å²) < 4.78 is 6.91. The van der Waals surface area contributed by atoms with E-state index in [1.807, 2.05) is 30.5 Å². The number of piperidine rings is 1. The Morgan fingerprint density at radius 3 is 2.82 bits per heavy atom. The van der Waals surface area contributed by atoms with Crippen molar-refractivity contribution in [3.63, 3.8) is 0 Å². The molecule has 0 spiro atoms. The van der Waals surface area contributed by atoms with E-state index in [4.69, 9.17) is 10.2 Å². The van der Waals surface area contributed by atoms with Crippen LogP contribution in [0.1, 0.15) is 50.3 Å². The second-order valence-electron chi connectivity index (χ2n) is 9.14. The van der Waals surface area contributed by atoms with Gasteiger partial charge in [-0.2, -0.15) is 0 Å². The molecule has 8 nitrogen and oxygen atoms in total. The maximum atomic E-state index is 11.6. The molecule has 10 heteroatoms. The summed E-state index contributed by atoms with van der Waals surface area (Å²) in [6, 6.07) is 7.68. The molecule has 3 aromatic rings. The number of hydrogen-bond donors (Lipinski definition) is 3. The van der Waals surface area contributed by atoms with E-state index in [0.29, 0.717) is 31.2 Å². The Bertz CT molecular complexity index is 1110. The molecule has 2 unspecified atom stereocenters. The standard InChI is InChI=1S/C23H29N5O3S2/c1-23(2,3)18-10-25-19(31-18)13-32-20-11-26-21(33-20)27-17-12-28(22(29)30)9-8-15(17)14-6-4-5-7-16(14)24/h4-7,10-11,15,17H,8-9,12-13,24H2,1-3H3,(H,26,27)(H,29,30). The summed E-state index contributed by atoms with van der Waals surface area (Å²) in [7, 11) is 0. The zero-order valence-electron chi connectivity index (χ0n) is 18.9. The highest BCUT2D eigenvalue weighted by atomic mass is 32.2. The van der Waals surface area contributed by atoms with Gasteiger partial charge in [-0.25, -0.2) is 14.8 Å². The van der Waals surface area contributed by atoms with Crippen LogP contribution in [0.15, 0.2) is 45.3 Å². The summed E-state index contributed by atoms with van der Waals surface area (Å²) in [5.74, 6) is 2.29. The molecule has 1 aliphatic heterocycles. The molecular formula is C23H29N5O3S2. The summed E-state index contributed by atoms with van der Waals surface area (Å²) in [4.78, 5) is 22.0. The van der Waals surface area contributed by atoms with Crippen LogP contribution in [-0.2, 0) is 11.2 Å². The minimum Gasteiger partial charge on any atom is -0.465 e. The highest BCUT2D eigenvalue weighted by Gasteiger charge is 2.34. The van der Waals surface area contributed by atoms with Crippen molar-refractivity contribution >= 4 is 40.0 Å². The molecule has 33 heavy (non-hydrogen) atoms. The molecule has 0 radical (unpaired) electrons. The molecule has 0 saturated carbocycles. The molecule has 0 aliphatic carbocycles. The SMILES string of the molecule is CC(C)(C)c1cnc(CSc2cnc(NC3CN(C(=O)O)CCC3c3ccccc3N)s2)o1. The molecule has 3 heterocycles. The largest absolute Gasteiger partial charge is 0.465 e. The van der Waals surface area contributed by atoms with Crippen molar-refractivity contribution in [2.75, 3.05) is 24.1 Å². The fourth-order valence-electron chi connectivity index (χ4n) is 3.90. The van der Waals surface area contributed by atoms with Crippen molar-refractivity contribution in [3.8, 4) is 0 Å². The molecule has 2 aromatic heterocycles. The minimum atomic E-state index is -0.905. The van der Waals surface area contributed by atoms with Crippen molar-refractivity contribution in [2.45, 2.75) is 54.5 Å².